The van der Waals surface area contributed by atoms with Crippen LogP contribution in [0, 0.1) is 6.92 Å². The van der Waals surface area contributed by atoms with Crippen LogP contribution in [0.15, 0.2) is 47.5 Å². The highest BCUT2D eigenvalue weighted by molar-refractivity contribution is 14.0. The second-order valence-corrected chi connectivity index (χ2v) is 7.21. The van der Waals surface area contributed by atoms with Crippen molar-refractivity contribution in [3.05, 3.63) is 64.7 Å². The molecule has 0 radical (unpaired) electrons. The second kappa shape index (κ2) is 12.0. The first-order valence-corrected chi connectivity index (χ1v) is 9.95. The highest BCUT2D eigenvalue weighted by atomic mass is 127. The van der Waals surface area contributed by atoms with Crippen LogP contribution in [-0.2, 0) is 17.7 Å². The second-order valence-electron chi connectivity index (χ2n) is 7.21. The van der Waals surface area contributed by atoms with E-state index < -0.39 is 0 Å². The fourth-order valence-electron chi connectivity index (χ4n) is 3.49. The summed E-state index contributed by atoms with van der Waals surface area (Å²) in [6.45, 7) is 5.00. The van der Waals surface area contributed by atoms with Gasteiger partial charge >= 0.3 is 0 Å². The lowest BCUT2D eigenvalue weighted by Crippen LogP contribution is -2.40. The van der Waals surface area contributed by atoms with Gasteiger partial charge in [-0.15, -0.1) is 24.0 Å². The molecule has 0 heterocycles. The third-order valence-electron chi connectivity index (χ3n) is 5.12. The minimum atomic E-state index is 0. The van der Waals surface area contributed by atoms with E-state index in [-0.39, 0.29) is 24.0 Å². The zero-order valence-corrected chi connectivity index (χ0v) is 19.9. The zero-order chi connectivity index (χ0) is 19.8. The van der Waals surface area contributed by atoms with E-state index in [1.165, 1.54) is 16.7 Å². The fourth-order valence-corrected chi connectivity index (χ4v) is 3.49. The molecule has 1 atom stereocenters. The summed E-state index contributed by atoms with van der Waals surface area (Å²) in [6.07, 6.45) is 2.01. The number of nitrogens with zero attached hydrogens (tertiary/aromatic N) is 1. The molecule has 1 aliphatic rings. The smallest absolute Gasteiger partial charge is 0.191 e. The van der Waals surface area contributed by atoms with E-state index in [9.17, 15) is 0 Å². The maximum atomic E-state index is 5.97. The van der Waals surface area contributed by atoms with E-state index in [4.69, 9.17) is 9.47 Å². The summed E-state index contributed by atoms with van der Waals surface area (Å²) in [5.74, 6) is 2.30. The molecule has 0 spiro atoms. The van der Waals surface area contributed by atoms with E-state index in [0.29, 0.717) is 25.7 Å². The molecule has 0 saturated heterocycles. The fraction of sp³-hybridized carbons (Fsp3) is 0.435. The van der Waals surface area contributed by atoms with E-state index in [1.54, 1.807) is 14.2 Å². The van der Waals surface area contributed by atoms with Crippen LogP contribution in [0.5, 0.6) is 5.75 Å². The van der Waals surface area contributed by atoms with Gasteiger partial charge in [-0.3, -0.25) is 4.99 Å². The third kappa shape index (κ3) is 6.60. The number of rotatable bonds is 9. The monoisotopic (exact) mass is 509 g/mol. The SMILES string of the molecule is CN=C(NCc1ccc(C)cc1OCCCOC)NCC1Cc2ccccc21.I. The standard InChI is InChI=1S/C23H31N3O2.HI/c1-17-9-10-19(22(13-17)28-12-6-11-27-3)15-25-23(24-2)26-16-20-14-18-7-4-5-8-21(18)20;/h4-5,7-10,13,20H,6,11-12,14-16H2,1-3H3,(H2,24,25,26);1H. The van der Waals surface area contributed by atoms with Crippen LogP contribution in [0.2, 0.25) is 0 Å². The molecule has 158 valence electrons. The predicted octanol–water partition coefficient (Wildman–Crippen LogP) is 4.03. The lowest BCUT2D eigenvalue weighted by molar-refractivity contribution is 0.171. The predicted molar refractivity (Wildman–Crippen MR) is 130 cm³/mol. The molecular formula is C23H32IN3O2. The molecule has 0 aliphatic heterocycles. The first-order valence-electron chi connectivity index (χ1n) is 9.95. The number of fused-ring (bicyclic) bond motifs is 1. The maximum absolute atomic E-state index is 5.97. The molecule has 29 heavy (non-hydrogen) atoms. The van der Waals surface area contributed by atoms with Gasteiger partial charge in [-0.05, 0) is 36.1 Å². The van der Waals surface area contributed by atoms with Crippen LogP contribution in [0.3, 0.4) is 0 Å². The zero-order valence-electron chi connectivity index (χ0n) is 17.5. The highest BCUT2D eigenvalue weighted by Crippen LogP contribution is 2.33. The van der Waals surface area contributed by atoms with E-state index in [0.717, 1.165) is 36.7 Å². The largest absolute Gasteiger partial charge is 0.493 e. The number of benzene rings is 2. The van der Waals surface area contributed by atoms with Crippen LogP contribution in [0.25, 0.3) is 0 Å². The number of methoxy groups -OCH3 is 1. The Kier molecular flexibility index (Phi) is 9.73. The number of aryl methyl sites for hydroxylation is 1. The van der Waals surface area contributed by atoms with Crippen LogP contribution < -0.4 is 15.4 Å². The number of halogens is 1. The van der Waals surface area contributed by atoms with Crippen molar-refractivity contribution < 1.29 is 9.47 Å². The van der Waals surface area contributed by atoms with Gasteiger partial charge in [-0.25, -0.2) is 0 Å². The first-order chi connectivity index (χ1) is 13.7. The number of ether oxygens (including phenoxy) is 2. The van der Waals surface area contributed by atoms with Crippen molar-refractivity contribution >= 4 is 29.9 Å². The number of hydrogen-bond donors (Lipinski definition) is 2. The molecular weight excluding hydrogens is 477 g/mol. The number of guanidine groups is 1. The Hall–Kier alpha value is -1.80. The Labute approximate surface area is 191 Å². The molecule has 0 aromatic heterocycles. The quantitative estimate of drug-likeness (QED) is 0.232. The van der Waals surface area contributed by atoms with E-state index >= 15 is 0 Å². The van der Waals surface area contributed by atoms with Gasteiger partial charge in [0.1, 0.15) is 5.75 Å². The average molecular weight is 509 g/mol. The summed E-state index contributed by atoms with van der Waals surface area (Å²) < 4.78 is 11.1. The third-order valence-corrected chi connectivity index (χ3v) is 5.12. The van der Waals surface area contributed by atoms with Gasteiger partial charge in [0.2, 0.25) is 0 Å². The molecule has 3 rings (SSSR count). The molecule has 0 fully saturated rings. The molecule has 0 bridgehead atoms. The van der Waals surface area contributed by atoms with Gasteiger partial charge < -0.3 is 20.1 Å². The van der Waals surface area contributed by atoms with Crippen molar-refractivity contribution in [3.63, 3.8) is 0 Å². The Morgan fingerprint density at radius 2 is 1.97 bits per heavy atom. The molecule has 6 heteroatoms. The van der Waals surface area contributed by atoms with Gasteiger partial charge in [0, 0.05) is 51.8 Å². The Morgan fingerprint density at radius 3 is 2.72 bits per heavy atom. The van der Waals surface area contributed by atoms with Crippen LogP contribution in [-0.4, -0.2) is 39.9 Å². The van der Waals surface area contributed by atoms with Gasteiger partial charge in [-0.2, -0.15) is 0 Å². The topological polar surface area (TPSA) is 54.9 Å². The van der Waals surface area contributed by atoms with Crippen molar-refractivity contribution in [2.24, 2.45) is 4.99 Å². The highest BCUT2D eigenvalue weighted by Gasteiger charge is 2.25. The van der Waals surface area contributed by atoms with Crippen molar-refractivity contribution in [1.82, 2.24) is 10.6 Å². The molecule has 0 saturated carbocycles. The van der Waals surface area contributed by atoms with Crippen molar-refractivity contribution in [3.8, 4) is 5.75 Å². The Morgan fingerprint density at radius 1 is 1.14 bits per heavy atom. The summed E-state index contributed by atoms with van der Waals surface area (Å²) in [4.78, 5) is 4.36. The van der Waals surface area contributed by atoms with Crippen molar-refractivity contribution in [2.75, 3.05) is 33.9 Å². The van der Waals surface area contributed by atoms with E-state index in [2.05, 4.69) is 65.0 Å². The summed E-state index contributed by atoms with van der Waals surface area (Å²) in [6, 6.07) is 15.0. The summed E-state index contributed by atoms with van der Waals surface area (Å²) in [5, 5.41) is 6.86. The van der Waals surface area contributed by atoms with Crippen LogP contribution in [0.4, 0.5) is 0 Å². The minimum Gasteiger partial charge on any atom is -0.493 e. The number of nitrogens with one attached hydrogen (secondary N) is 2. The Balaban J connectivity index is 0.00000300. The van der Waals surface area contributed by atoms with Gasteiger partial charge in [0.15, 0.2) is 5.96 Å². The Bertz CT molecular complexity index is 810. The normalized spacial score (nSPS) is 15.0. The lowest BCUT2D eigenvalue weighted by atomic mass is 9.78. The summed E-state index contributed by atoms with van der Waals surface area (Å²) in [7, 11) is 3.52. The molecule has 2 aromatic carbocycles. The van der Waals surface area contributed by atoms with Crippen LogP contribution >= 0.6 is 24.0 Å². The number of hydrogen-bond acceptors (Lipinski definition) is 3. The lowest BCUT2D eigenvalue weighted by Gasteiger charge is -2.30. The molecule has 0 amide bonds. The van der Waals surface area contributed by atoms with Crippen molar-refractivity contribution in [1.29, 1.82) is 0 Å². The van der Waals surface area contributed by atoms with Crippen LogP contribution in [0.1, 0.15) is 34.6 Å². The van der Waals surface area contributed by atoms with Gasteiger partial charge in [-0.1, -0.05) is 36.4 Å². The van der Waals surface area contributed by atoms with Crippen molar-refractivity contribution in [2.45, 2.75) is 32.2 Å². The van der Waals surface area contributed by atoms with Gasteiger partial charge in [0.05, 0.1) is 6.61 Å². The van der Waals surface area contributed by atoms with E-state index in [1.807, 2.05) is 0 Å². The molecule has 5 nitrogen and oxygen atoms in total. The average Bonchev–Trinajstić information content (AvgIpc) is 2.69. The summed E-state index contributed by atoms with van der Waals surface area (Å²) in [5.41, 5.74) is 5.24. The molecule has 2 aromatic rings. The minimum absolute atomic E-state index is 0. The molecule has 1 unspecified atom stereocenters. The molecule has 2 N–H and O–H groups in total. The van der Waals surface area contributed by atoms with Gasteiger partial charge in [0.25, 0.3) is 0 Å². The summed E-state index contributed by atoms with van der Waals surface area (Å²) >= 11 is 0. The maximum Gasteiger partial charge on any atom is 0.191 e. The molecule has 1 aliphatic carbocycles. The first kappa shape index (κ1) is 23.5. The number of aliphatic imine (C=N–C) groups is 1.